The summed E-state index contributed by atoms with van der Waals surface area (Å²) in [5, 5.41) is 4.23. The maximum absolute atomic E-state index is 13.7. The lowest BCUT2D eigenvalue weighted by Crippen LogP contribution is -2.22. The summed E-state index contributed by atoms with van der Waals surface area (Å²) in [6, 6.07) is 13.2. The fourth-order valence-electron chi connectivity index (χ4n) is 2.88. The van der Waals surface area contributed by atoms with Gasteiger partial charge in [0.15, 0.2) is 24.1 Å². The number of halogens is 3. The Bertz CT molecular complexity index is 1020. The number of hydrogen-bond donors (Lipinski definition) is 1. The minimum absolute atomic E-state index is 0.406. The van der Waals surface area contributed by atoms with E-state index in [2.05, 4.69) is 5.32 Å². The van der Waals surface area contributed by atoms with Crippen LogP contribution < -0.4 is 10.1 Å². The Kier molecular flexibility index (Phi) is 5.84. The Balaban J connectivity index is 1.78. The van der Waals surface area contributed by atoms with Gasteiger partial charge in [-0.25, -0.2) is 13.2 Å². The lowest BCUT2D eigenvalue weighted by molar-refractivity contribution is -0.118. The van der Waals surface area contributed by atoms with Gasteiger partial charge < -0.3 is 15.0 Å². The van der Waals surface area contributed by atoms with Crippen LogP contribution in [0.1, 0.15) is 5.56 Å². The number of rotatable bonds is 6. The molecule has 0 heterocycles. The van der Waals surface area contributed by atoms with E-state index in [1.807, 2.05) is 49.3 Å². The van der Waals surface area contributed by atoms with E-state index in [0.29, 0.717) is 12.3 Å². The van der Waals surface area contributed by atoms with Gasteiger partial charge in [-0.05, 0) is 43.1 Å². The molecular formula is C21H19F3N2O2. The molecule has 0 radical (unpaired) electrons. The van der Waals surface area contributed by atoms with E-state index in [1.54, 1.807) is 6.07 Å². The van der Waals surface area contributed by atoms with Crippen LogP contribution >= 0.6 is 0 Å². The third-order valence-corrected chi connectivity index (χ3v) is 4.14. The van der Waals surface area contributed by atoms with E-state index < -0.39 is 35.7 Å². The van der Waals surface area contributed by atoms with Gasteiger partial charge in [-0.15, -0.1) is 0 Å². The highest BCUT2D eigenvalue weighted by atomic mass is 19.2. The monoisotopic (exact) mass is 388 g/mol. The molecule has 3 rings (SSSR count). The molecule has 0 aliphatic carbocycles. The molecule has 0 atom stereocenters. The number of carbonyl (C=O) groups excluding carboxylic acids is 1. The average Bonchev–Trinajstić information content (AvgIpc) is 2.67. The zero-order valence-corrected chi connectivity index (χ0v) is 15.4. The fraction of sp³-hybridized carbons (Fsp3) is 0.190. The van der Waals surface area contributed by atoms with Gasteiger partial charge >= 0.3 is 0 Å². The predicted molar refractivity (Wildman–Crippen MR) is 102 cm³/mol. The minimum Gasteiger partial charge on any atom is -0.483 e. The molecule has 0 unspecified atom stereocenters. The van der Waals surface area contributed by atoms with Gasteiger partial charge in [0.25, 0.3) is 5.91 Å². The minimum atomic E-state index is -1.64. The van der Waals surface area contributed by atoms with Crippen molar-refractivity contribution < 1.29 is 22.7 Å². The maximum atomic E-state index is 13.7. The second kappa shape index (κ2) is 8.31. The predicted octanol–water partition coefficient (Wildman–Crippen LogP) is 4.34. The number of anilines is 1. The highest BCUT2D eigenvalue weighted by molar-refractivity contribution is 5.92. The number of nitrogens with zero attached hydrogens (tertiary/aromatic N) is 1. The van der Waals surface area contributed by atoms with Crippen LogP contribution in [0.25, 0.3) is 10.8 Å². The molecule has 0 spiro atoms. The maximum Gasteiger partial charge on any atom is 0.262 e. The fourth-order valence-corrected chi connectivity index (χ4v) is 2.88. The normalized spacial score (nSPS) is 11.1. The van der Waals surface area contributed by atoms with E-state index in [0.717, 1.165) is 28.5 Å². The second-order valence-corrected chi connectivity index (χ2v) is 6.56. The molecular weight excluding hydrogens is 369 g/mol. The molecule has 0 saturated heterocycles. The molecule has 1 N–H and O–H groups in total. The van der Waals surface area contributed by atoms with Crippen molar-refractivity contribution in [3.8, 4) is 5.75 Å². The quantitative estimate of drug-likeness (QED) is 0.639. The van der Waals surface area contributed by atoms with Crippen LogP contribution in [-0.2, 0) is 11.3 Å². The molecule has 28 heavy (non-hydrogen) atoms. The largest absolute Gasteiger partial charge is 0.483 e. The molecule has 4 nitrogen and oxygen atoms in total. The first-order chi connectivity index (χ1) is 13.4. The van der Waals surface area contributed by atoms with Crippen molar-refractivity contribution in [1.29, 1.82) is 0 Å². The number of carbonyl (C=O) groups is 1. The number of benzene rings is 3. The van der Waals surface area contributed by atoms with Crippen molar-refractivity contribution >= 4 is 22.4 Å². The van der Waals surface area contributed by atoms with Crippen molar-refractivity contribution in [2.75, 3.05) is 26.0 Å². The zero-order chi connectivity index (χ0) is 20.3. The van der Waals surface area contributed by atoms with Crippen LogP contribution in [-0.4, -0.2) is 31.5 Å². The van der Waals surface area contributed by atoms with E-state index >= 15 is 0 Å². The van der Waals surface area contributed by atoms with Gasteiger partial charge in [0.1, 0.15) is 5.75 Å². The van der Waals surface area contributed by atoms with Gasteiger partial charge in [0.05, 0.1) is 5.69 Å². The van der Waals surface area contributed by atoms with E-state index in [4.69, 9.17) is 4.74 Å². The Morgan fingerprint density at radius 2 is 1.75 bits per heavy atom. The SMILES string of the molecule is CN(C)Cc1c(OCC(=O)Nc2ccc(F)c(F)c2F)ccc2ccccc12. The van der Waals surface area contributed by atoms with Crippen LogP contribution in [0.2, 0.25) is 0 Å². The molecule has 0 fully saturated rings. The summed E-state index contributed by atoms with van der Waals surface area (Å²) < 4.78 is 45.6. The summed E-state index contributed by atoms with van der Waals surface area (Å²) in [4.78, 5) is 14.1. The topological polar surface area (TPSA) is 41.6 Å². The number of nitrogens with one attached hydrogen (secondary N) is 1. The molecule has 1 amide bonds. The summed E-state index contributed by atoms with van der Waals surface area (Å²) in [5.41, 5.74) is 0.467. The van der Waals surface area contributed by atoms with E-state index in [-0.39, 0.29) is 0 Å². The molecule has 3 aromatic carbocycles. The van der Waals surface area contributed by atoms with E-state index in [9.17, 15) is 18.0 Å². The van der Waals surface area contributed by atoms with Crippen molar-refractivity contribution in [2.45, 2.75) is 6.54 Å². The highest BCUT2D eigenvalue weighted by Gasteiger charge is 2.16. The van der Waals surface area contributed by atoms with Crippen LogP contribution in [0.3, 0.4) is 0 Å². The van der Waals surface area contributed by atoms with Crippen molar-refractivity contribution in [3.05, 3.63) is 71.5 Å². The Morgan fingerprint density at radius 1 is 1.00 bits per heavy atom. The molecule has 0 bridgehead atoms. The molecule has 0 aliphatic heterocycles. The molecule has 0 aromatic heterocycles. The number of fused-ring (bicyclic) bond motifs is 1. The Labute approximate surface area is 160 Å². The molecule has 7 heteroatoms. The lowest BCUT2D eigenvalue weighted by atomic mass is 10.0. The highest BCUT2D eigenvalue weighted by Crippen LogP contribution is 2.29. The van der Waals surface area contributed by atoms with Gasteiger partial charge in [-0.2, -0.15) is 0 Å². The lowest BCUT2D eigenvalue weighted by Gasteiger charge is -2.17. The van der Waals surface area contributed by atoms with Crippen LogP contribution in [0.4, 0.5) is 18.9 Å². The first kappa shape index (κ1) is 19.7. The molecule has 0 aliphatic rings. The molecule has 3 aromatic rings. The second-order valence-electron chi connectivity index (χ2n) is 6.56. The third-order valence-electron chi connectivity index (χ3n) is 4.14. The van der Waals surface area contributed by atoms with Crippen molar-refractivity contribution in [3.63, 3.8) is 0 Å². The zero-order valence-electron chi connectivity index (χ0n) is 15.4. The summed E-state index contributed by atoms with van der Waals surface area (Å²) in [6.07, 6.45) is 0. The van der Waals surface area contributed by atoms with E-state index in [1.165, 1.54) is 0 Å². The standard InChI is InChI=1S/C21H19F3N2O2/c1-26(2)11-15-14-6-4-3-5-13(14)7-10-18(15)28-12-19(27)25-17-9-8-16(22)20(23)21(17)24/h3-10H,11-12H2,1-2H3,(H,25,27). The van der Waals surface area contributed by atoms with Crippen LogP contribution in [0.5, 0.6) is 5.75 Å². The van der Waals surface area contributed by atoms with Crippen LogP contribution in [0, 0.1) is 17.5 Å². The Hall–Kier alpha value is -3.06. The molecule has 0 saturated carbocycles. The third kappa shape index (κ3) is 4.26. The van der Waals surface area contributed by atoms with Gasteiger partial charge in [0, 0.05) is 12.1 Å². The number of amides is 1. The summed E-state index contributed by atoms with van der Waals surface area (Å²) in [5.74, 6) is -4.58. The summed E-state index contributed by atoms with van der Waals surface area (Å²) in [6.45, 7) is 0.188. The van der Waals surface area contributed by atoms with Gasteiger partial charge in [0.2, 0.25) is 0 Å². The smallest absolute Gasteiger partial charge is 0.262 e. The average molecular weight is 388 g/mol. The number of ether oxygens (including phenoxy) is 1. The molecule has 146 valence electrons. The van der Waals surface area contributed by atoms with Crippen molar-refractivity contribution in [2.24, 2.45) is 0 Å². The van der Waals surface area contributed by atoms with Crippen LogP contribution in [0.15, 0.2) is 48.5 Å². The summed E-state index contributed by atoms with van der Waals surface area (Å²) >= 11 is 0. The summed E-state index contributed by atoms with van der Waals surface area (Å²) in [7, 11) is 3.84. The number of hydrogen-bond acceptors (Lipinski definition) is 3. The first-order valence-corrected chi connectivity index (χ1v) is 8.58. The Morgan fingerprint density at radius 3 is 2.50 bits per heavy atom. The van der Waals surface area contributed by atoms with Crippen molar-refractivity contribution in [1.82, 2.24) is 4.90 Å². The first-order valence-electron chi connectivity index (χ1n) is 8.58. The van der Waals surface area contributed by atoms with Gasteiger partial charge in [-0.3, -0.25) is 4.79 Å². The van der Waals surface area contributed by atoms with Gasteiger partial charge in [-0.1, -0.05) is 30.3 Å².